The first-order valence-corrected chi connectivity index (χ1v) is 7.35. The number of H-pyrrole nitrogens is 2. The van der Waals surface area contributed by atoms with Crippen molar-refractivity contribution in [3.05, 3.63) is 32.6 Å². The molecule has 2 unspecified atom stereocenters. The lowest BCUT2D eigenvalue weighted by Crippen LogP contribution is -2.38. The number of rotatable bonds is 3. The molecule has 0 saturated heterocycles. The molecular weight excluding hydrogens is 270 g/mol. The van der Waals surface area contributed by atoms with E-state index in [0.717, 1.165) is 19.3 Å². The van der Waals surface area contributed by atoms with Gasteiger partial charge in [0.15, 0.2) is 0 Å². The van der Waals surface area contributed by atoms with Crippen LogP contribution in [-0.2, 0) is 11.3 Å². The summed E-state index contributed by atoms with van der Waals surface area (Å²) in [5.41, 5.74) is -0.424. The van der Waals surface area contributed by atoms with Crippen LogP contribution in [0.1, 0.15) is 45.7 Å². The van der Waals surface area contributed by atoms with Gasteiger partial charge in [-0.1, -0.05) is 20.8 Å². The van der Waals surface area contributed by atoms with Gasteiger partial charge in [-0.25, -0.2) is 4.79 Å². The molecule has 3 N–H and O–H groups in total. The molecule has 2 atom stereocenters. The maximum atomic E-state index is 12.3. The summed E-state index contributed by atoms with van der Waals surface area (Å²) in [4.78, 5) is 39.2. The molecular formula is C15H23N3O3. The Morgan fingerprint density at radius 3 is 2.67 bits per heavy atom. The standard InChI is InChI=1S/C15H23N3O3/c1-9-4-10(7-15(2,3)6-9)13(20)16-8-11-5-12(19)18-14(21)17-11/h5,9-10H,4,6-8H2,1-3H3,(H,16,20)(H2,17,18,19,21). The average Bonchev–Trinajstić information content (AvgIpc) is 2.32. The molecule has 1 amide bonds. The second-order valence-corrected chi connectivity index (χ2v) is 6.94. The van der Waals surface area contributed by atoms with Gasteiger partial charge in [-0.05, 0) is 30.6 Å². The SMILES string of the molecule is CC1CC(C(=O)NCc2cc(=O)[nH]c(=O)[nH]2)CC(C)(C)C1. The van der Waals surface area contributed by atoms with Crippen LogP contribution in [0.25, 0.3) is 0 Å². The zero-order chi connectivity index (χ0) is 15.6. The summed E-state index contributed by atoms with van der Waals surface area (Å²) in [7, 11) is 0. The van der Waals surface area contributed by atoms with Crippen LogP contribution in [0.15, 0.2) is 15.7 Å². The zero-order valence-electron chi connectivity index (χ0n) is 12.8. The number of carbonyl (C=O) groups is 1. The summed E-state index contributed by atoms with van der Waals surface area (Å²) >= 11 is 0. The summed E-state index contributed by atoms with van der Waals surface area (Å²) in [5, 5.41) is 2.82. The second-order valence-electron chi connectivity index (χ2n) is 6.94. The average molecular weight is 293 g/mol. The van der Waals surface area contributed by atoms with E-state index in [9.17, 15) is 14.4 Å². The molecule has 2 rings (SSSR count). The topological polar surface area (TPSA) is 94.8 Å². The van der Waals surface area contributed by atoms with Gasteiger partial charge < -0.3 is 10.3 Å². The lowest BCUT2D eigenvalue weighted by molar-refractivity contribution is -0.128. The molecule has 0 bridgehead atoms. The summed E-state index contributed by atoms with van der Waals surface area (Å²) in [6.07, 6.45) is 2.90. The highest BCUT2D eigenvalue weighted by atomic mass is 16.2. The highest BCUT2D eigenvalue weighted by Crippen LogP contribution is 2.41. The molecule has 1 saturated carbocycles. The molecule has 1 aromatic rings. The molecule has 6 nitrogen and oxygen atoms in total. The number of carbonyl (C=O) groups excluding carboxylic acids is 1. The normalized spacial score (nSPS) is 24.5. The largest absolute Gasteiger partial charge is 0.350 e. The minimum Gasteiger partial charge on any atom is -0.350 e. The predicted molar refractivity (Wildman–Crippen MR) is 79.8 cm³/mol. The molecule has 116 valence electrons. The zero-order valence-corrected chi connectivity index (χ0v) is 12.8. The summed E-state index contributed by atoms with van der Waals surface area (Å²) in [5.74, 6) is 0.525. The molecule has 1 aromatic heterocycles. The first-order chi connectivity index (χ1) is 9.75. The fourth-order valence-electron chi connectivity index (χ4n) is 3.49. The van der Waals surface area contributed by atoms with Gasteiger partial charge in [-0.3, -0.25) is 14.6 Å². The van der Waals surface area contributed by atoms with E-state index in [1.54, 1.807) is 0 Å². The van der Waals surface area contributed by atoms with Crippen LogP contribution >= 0.6 is 0 Å². The number of aromatic amines is 2. The third-order valence-corrected chi connectivity index (χ3v) is 4.03. The van der Waals surface area contributed by atoms with Crippen molar-refractivity contribution in [2.24, 2.45) is 17.3 Å². The van der Waals surface area contributed by atoms with Gasteiger partial charge >= 0.3 is 5.69 Å². The molecule has 6 heteroatoms. The van der Waals surface area contributed by atoms with E-state index >= 15 is 0 Å². The van der Waals surface area contributed by atoms with Crippen molar-refractivity contribution < 1.29 is 4.79 Å². The fourth-order valence-corrected chi connectivity index (χ4v) is 3.49. The van der Waals surface area contributed by atoms with E-state index in [0.29, 0.717) is 11.6 Å². The van der Waals surface area contributed by atoms with Crippen molar-refractivity contribution >= 4 is 5.91 Å². The Morgan fingerprint density at radius 1 is 1.33 bits per heavy atom. The van der Waals surface area contributed by atoms with Gasteiger partial charge in [0, 0.05) is 17.7 Å². The quantitative estimate of drug-likeness (QED) is 0.780. The minimum absolute atomic E-state index is 0.00234. The summed E-state index contributed by atoms with van der Waals surface area (Å²) < 4.78 is 0. The van der Waals surface area contributed by atoms with Crippen LogP contribution in [-0.4, -0.2) is 15.9 Å². The minimum atomic E-state index is -0.556. The lowest BCUT2D eigenvalue weighted by atomic mass is 9.68. The Kier molecular flexibility index (Phi) is 4.34. The predicted octanol–water partition coefficient (Wildman–Crippen LogP) is 1.14. The van der Waals surface area contributed by atoms with Gasteiger partial charge in [0.25, 0.3) is 5.56 Å². The Bertz CT molecular complexity index is 601. The van der Waals surface area contributed by atoms with E-state index in [4.69, 9.17) is 0 Å². The number of aromatic nitrogens is 2. The molecule has 1 aliphatic rings. The smallest absolute Gasteiger partial charge is 0.325 e. The summed E-state index contributed by atoms with van der Waals surface area (Å²) in [6, 6.07) is 1.29. The van der Waals surface area contributed by atoms with Crippen molar-refractivity contribution in [2.75, 3.05) is 0 Å². The van der Waals surface area contributed by atoms with Crippen molar-refractivity contribution in [2.45, 2.75) is 46.6 Å². The monoisotopic (exact) mass is 293 g/mol. The third kappa shape index (κ3) is 4.31. The molecule has 0 radical (unpaired) electrons. The first kappa shape index (κ1) is 15.5. The van der Waals surface area contributed by atoms with Gasteiger partial charge in [0.2, 0.25) is 5.91 Å². The maximum absolute atomic E-state index is 12.3. The van der Waals surface area contributed by atoms with Crippen LogP contribution in [0.5, 0.6) is 0 Å². The molecule has 0 aromatic carbocycles. The Balaban J connectivity index is 1.98. The summed E-state index contributed by atoms with van der Waals surface area (Å²) in [6.45, 7) is 6.73. The van der Waals surface area contributed by atoms with Gasteiger partial charge in [-0.2, -0.15) is 0 Å². The van der Waals surface area contributed by atoms with Crippen LogP contribution < -0.4 is 16.6 Å². The Morgan fingerprint density at radius 2 is 2.05 bits per heavy atom. The van der Waals surface area contributed by atoms with Gasteiger partial charge in [-0.15, -0.1) is 0 Å². The van der Waals surface area contributed by atoms with Crippen LogP contribution in [0.2, 0.25) is 0 Å². The van der Waals surface area contributed by atoms with Crippen LogP contribution in [0.3, 0.4) is 0 Å². The highest BCUT2D eigenvalue weighted by Gasteiger charge is 2.35. The molecule has 0 spiro atoms. The van der Waals surface area contributed by atoms with E-state index in [-0.39, 0.29) is 23.8 Å². The van der Waals surface area contributed by atoms with E-state index < -0.39 is 11.2 Å². The van der Waals surface area contributed by atoms with Gasteiger partial charge in [0.1, 0.15) is 0 Å². The second kappa shape index (κ2) is 5.87. The lowest BCUT2D eigenvalue weighted by Gasteiger charge is -2.38. The molecule has 1 fully saturated rings. The van der Waals surface area contributed by atoms with Gasteiger partial charge in [0.05, 0.1) is 6.54 Å². The van der Waals surface area contributed by atoms with E-state index in [1.165, 1.54) is 6.07 Å². The molecule has 21 heavy (non-hydrogen) atoms. The maximum Gasteiger partial charge on any atom is 0.325 e. The number of hydrogen-bond donors (Lipinski definition) is 3. The van der Waals surface area contributed by atoms with E-state index in [2.05, 4.69) is 36.1 Å². The van der Waals surface area contributed by atoms with E-state index in [1.807, 2.05) is 0 Å². The van der Waals surface area contributed by atoms with Crippen LogP contribution in [0, 0.1) is 17.3 Å². The van der Waals surface area contributed by atoms with Crippen molar-refractivity contribution in [3.8, 4) is 0 Å². The van der Waals surface area contributed by atoms with Crippen LogP contribution in [0.4, 0.5) is 0 Å². The number of amides is 1. The molecule has 1 aliphatic carbocycles. The highest BCUT2D eigenvalue weighted by molar-refractivity contribution is 5.78. The van der Waals surface area contributed by atoms with Crippen molar-refractivity contribution in [1.29, 1.82) is 0 Å². The third-order valence-electron chi connectivity index (χ3n) is 4.03. The molecule has 0 aliphatic heterocycles. The van der Waals surface area contributed by atoms with Crippen molar-refractivity contribution in [1.82, 2.24) is 15.3 Å². The van der Waals surface area contributed by atoms with Crippen molar-refractivity contribution in [3.63, 3.8) is 0 Å². The Labute approximate surface area is 123 Å². The fraction of sp³-hybridized carbons (Fsp3) is 0.667. The number of hydrogen-bond acceptors (Lipinski definition) is 3. The molecule has 1 heterocycles. The number of nitrogens with one attached hydrogen (secondary N) is 3. The first-order valence-electron chi connectivity index (χ1n) is 7.35. The Hall–Kier alpha value is -1.85.